The second kappa shape index (κ2) is 14.0. The molecule has 10 rings (SSSR count). The van der Waals surface area contributed by atoms with Crippen LogP contribution in [0.2, 0.25) is 0 Å². The van der Waals surface area contributed by atoms with E-state index in [4.69, 9.17) is 0 Å². The molecule has 0 N–H and O–H groups in total. The van der Waals surface area contributed by atoms with Crippen LogP contribution >= 0.6 is 0 Å². The number of fused-ring (bicyclic) bond motifs is 6. The van der Waals surface area contributed by atoms with Crippen LogP contribution < -0.4 is 0 Å². The summed E-state index contributed by atoms with van der Waals surface area (Å²) in [5.41, 5.74) is 12.3. The molecule has 252 valence electrons. The van der Waals surface area contributed by atoms with Gasteiger partial charge in [-0.3, -0.25) is 0 Å². The smallest absolute Gasteiger partial charge is 0.348 e. The van der Waals surface area contributed by atoms with Crippen molar-refractivity contribution < 1.29 is 31.1 Å². The Bertz CT molecular complexity index is 3070. The molecule has 55 heavy (non-hydrogen) atoms. The molecule has 10 aromatic rings. The van der Waals surface area contributed by atoms with Gasteiger partial charge in [0.25, 0.3) is 0 Å². The van der Waals surface area contributed by atoms with Gasteiger partial charge in [-0.05, 0) is 70.2 Å². The van der Waals surface area contributed by atoms with Crippen molar-refractivity contribution in [2.45, 2.75) is 0 Å². The van der Waals surface area contributed by atoms with Crippen molar-refractivity contribution in [2.75, 3.05) is 0 Å². The van der Waals surface area contributed by atoms with Crippen molar-refractivity contribution in [3.8, 4) is 56.9 Å². The van der Waals surface area contributed by atoms with Gasteiger partial charge < -0.3 is 9.13 Å². The van der Waals surface area contributed by atoms with E-state index in [9.17, 15) is 10.5 Å². The van der Waals surface area contributed by atoms with Crippen LogP contribution in [0, 0.1) is 65.9 Å². The summed E-state index contributed by atoms with van der Waals surface area (Å²) in [4.78, 5) is 0. The fourth-order valence-electron chi connectivity index (χ4n) is 7.94. The molecule has 0 radical (unpaired) electrons. The van der Waals surface area contributed by atoms with Gasteiger partial charge >= 0.3 is 31.1 Å². The monoisotopic (exact) mass is 922 g/mol. The molecular weight excluding hydrogens is 895 g/mol. The van der Waals surface area contributed by atoms with Crippen molar-refractivity contribution in [3.05, 3.63) is 193 Å². The quantitative estimate of drug-likeness (QED) is 0.162. The van der Waals surface area contributed by atoms with Gasteiger partial charge in [0, 0.05) is 16.3 Å². The molecule has 0 saturated carbocycles. The van der Waals surface area contributed by atoms with E-state index in [1.807, 2.05) is 54.6 Å². The average molecular weight is 923 g/mol. The largest absolute Gasteiger partial charge is 2.00 e. The first-order chi connectivity index (χ1) is 26.7. The molecule has 2 aromatic heterocycles. The van der Waals surface area contributed by atoms with Crippen molar-refractivity contribution in [3.63, 3.8) is 0 Å². The number of nitriles is 2. The first-order valence-electron chi connectivity index (χ1n) is 17.8. The first-order valence-corrected chi connectivity index (χ1v) is 17.8. The van der Waals surface area contributed by atoms with Crippen molar-refractivity contribution in [1.29, 1.82) is 10.5 Å². The van der Waals surface area contributed by atoms with Gasteiger partial charge in [0.2, 0.25) is 0 Å². The normalized spacial score (nSPS) is 11.1. The molecule has 0 spiro atoms. The maximum absolute atomic E-state index is 10.9. The third kappa shape index (κ3) is 5.57. The number of nitrogens with zero attached hydrogens (tertiary/aromatic N) is 4. The van der Waals surface area contributed by atoms with E-state index < -0.39 is 0 Å². The van der Waals surface area contributed by atoms with E-state index >= 15 is 0 Å². The van der Waals surface area contributed by atoms with Gasteiger partial charge in [-0.15, -0.1) is 17.5 Å². The summed E-state index contributed by atoms with van der Waals surface area (Å²) in [6.45, 7) is 0. The Hall–Kier alpha value is -6.61. The Kier molecular flexibility index (Phi) is 8.69. The van der Waals surface area contributed by atoms with Crippen molar-refractivity contribution in [1.82, 2.24) is 9.13 Å². The molecule has 0 atom stereocenters. The molecule has 0 aliphatic carbocycles. The minimum absolute atomic E-state index is 0. The Labute approximate surface area is 342 Å². The molecular formula is C50H28N4U. The SMILES string of the molecule is N#Cc1ccc(-n2c3ccc(-c4[c-]cccc4)[c-]c3c3ccccc32)c(-n2c3ccc(-c4ccccc4)cc3c3cc(-c4ccccc4)ccc32)c1C#N.[U+2]. The second-order valence-corrected chi connectivity index (χ2v) is 13.4. The maximum Gasteiger partial charge on any atom is 2.00 e. The molecule has 0 aliphatic rings. The molecule has 2 heterocycles. The summed E-state index contributed by atoms with van der Waals surface area (Å²) in [6, 6.07) is 69.9. The van der Waals surface area contributed by atoms with Crippen LogP contribution in [-0.2, 0) is 0 Å². The summed E-state index contributed by atoms with van der Waals surface area (Å²) in [5, 5.41) is 25.5. The van der Waals surface area contributed by atoms with Gasteiger partial charge in [0.05, 0.1) is 33.5 Å². The van der Waals surface area contributed by atoms with E-state index in [1.165, 1.54) is 0 Å². The Morgan fingerprint density at radius 2 is 1.05 bits per heavy atom. The zero-order valence-corrected chi connectivity index (χ0v) is 33.6. The number of benzene rings is 8. The number of hydrogen-bond acceptors (Lipinski definition) is 2. The molecule has 0 saturated heterocycles. The minimum Gasteiger partial charge on any atom is -0.348 e. The Balaban J connectivity index is 0.00000397. The van der Waals surface area contributed by atoms with Crippen molar-refractivity contribution >= 4 is 43.6 Å². The molecule has 0 bridgehead atoms. The molecule has 5 heteroatoms. The summed E-state index contributed by atoms with van der Waals surface area (Å²) in [7, 11) is 0. The Morgan fingerprint density at radius 1 is 0.455 bits per heavy atom. The molecule has 0 aliphatic heterocycles. The van der Waals surface area contributed by atoms with Crippen LogP contribution in [0.5, 0.6) is 0 Å². The van der Waals surface area contributed by atoms with Crippen LogP contribution in [0.25, 0.3) is 88.4 Å². The third-order valence-electron chi connectivity index (χ3n) is 10.4. The van der Waals surface area contributed by atoms with Gasteiger partial charge in [0.1, 0.15) is 12.1 Å². The standard InChI is InChI=1S/C50H28N4.U/c51-31-39-23-27-49(53-45-19-11-10-18-40(45)41-28-36(20-24-46(41)53)33-12-4-1-5-13-33)50(44(39)32-52)54-47-25-21-37(34-14-6-2-7-15-34)29-42(47)43-30-38(22-26-48(43)54)35-16-8-3-9-17-35;/h1-12,14-27,29-30H;/q-2;+2. The summed E-state index contributed by atoms with van der Waals surface area (Å²) in [5.74, 6) is 0. The third-order valence-corrected chi connectivity index (χ3v) is 10.4. The summed E-state index contributed by atoms with van der Waals surface area (Å²) < 4.78 is 4.39. The van der Waals surface area contributed by atoms with Gasteiger partial charge in [-0.25, -0.2) is 5.56 Å². The zero-order valence-electron chi connectivity index (χ0n) is 29.5. The van der Waals surface area contributed by atoms with Crippen molar-refractivity contribution in [2.24, 2.45) is 0 Å². The minimum atomic E-state index is 0. The summed E-state index contributed by atoms with van der Waals surface area (Å²) in [6.07, 6.45) is 0. The van der Waals surface area contributed by atoms with Crippen LogP contribution in [0.1, 0.15) is 11.1 Å². The van der Waals surface area contributed by atoms with E-state index in [0.717, 1.165) is 82.7 Å². The van der Waals surface area contributed by atoms with Gasteiger partial charge in [0.15, 0.2) is 0 Å². The molecule has 4 nitrogen and oxygen atoms in total. The van der Waals surface area contributed by atoms with E-state index in [-0.39, 0.29) is 31.1 Å². The van der Waals surface area contributed by atoms with Crippen LogP contribution in [0.3, 0.4) is 0 Å². The predicted molar refractivity (Wildman–Crippen MR) is 219 cm³/mol. The number of hydrogen-bond donors (Lipinski definition) is 0. The average Bonchev–Trinajstić information content (AvgIpc) is 3.75. The summed E-state index contributed by atoms with van der Waals surface area (Å²) >= 11 is 0. The molecule has 0 amide bonds. The number of para-hydroxylation sites is 1. The molecule has 0 fully saturated rings. The fraction of sp³-hybridized carbons (Fsp3) is 0. The number of aromatic nitrogens is 2. The van der Waals surface area contributed by atoms with Gasteiger partial charge in [-0.1, -0.05) is 96.4 Å². The Morgan fingerprint density at radius 3 is 1.67 bits per heavy atom. The number of rotatable bonds is 5. The maximum atomic E-state index is 10.9. The first kappa shape index (κ1) is 34.2. The van der Waals surface area contributed by atoms with Crippen LogP contribution in [0.4, 0.5) is 0 Å². The second-order valence-electron chi connectivity index (χ2n) is 13.4. The van der Waals surface area contributed by atoms with Crippen LogP contribution in [-0.4, -0.2) is 9.13 Å². The fourth-order valence-corrected chi connectivity index (χ4v) is 7.94. The van der Waals surface area contributed by atoms with Crippen LogP contribution in [0.15, 0.2) is 170 Å². The van der Waals surface area contributed by atoms with Gasteiger partial charge in [-0.2, -0.15) is 52.5 Å². The van der Waals surface area contributed by atoms with E-state index in [2.05, 4.69) is 143 Å². The topological polar surface area (TPSA) is 57.4 Å². The van der Waals surface area contributed by atoms with E-state index in [0.29, 0.717) is 16.8 Å². The molecule has 0 unspecified atom stereocenters. The van der Waals surface area contributed by atoms with E-state index in [1.54, 1.807) is 6.07 Å². The zero-order chi connectivity index (χ0) is 36.2. The molecule has 8 aromatic carbocycles. The predicted octanol–water partition coefficient (Wildman–Crippen LogP) is 12.2.